The maximum absolute atomic E-state index is 12.4. The molecule has 0 spiro atoms. The normalized spacial score (nSPS) is 32.5. The molecule has 0 aromatic carbocycles. The van der Waals surface area contributed by atoms with E-state index in [0.717, 1.165) is 11.4 Å². The fourth-order valence-corrected chi connectivity index (χ4v) is 3.77. The van der Waals surface area contributed by atoms with E-state index in [0.29, 0.717) is 11.6 Å². The van der Waals surface area contributed by atoms with Gasteiger partial charge in [-0.1, -0.05) is 12.2 Å². The Morgan fingerprint density at radius 1 is 1.18 bits per heavy atom. The number of amides is 2. The second kappa shape index (κ2) is 4.56. The first-order valence-electron chi connectivity index (χ1n) is 7.43. The van der Waals surface area contributed by atoms with E-state index in [4.69, 9.17) is 4.42 Å². The number of rotatable bonds is 3. The van der Waals surface area contributed by atoms with Crippen molar-refractivity contribution in [2.75, 3.05) is 19.0 Å². The van der Waals surface area contributed by atoms with Crippen LogP contribution in [0, 0.1) is 23.7 Å². The largest absolute Gasteiger partial charge is 0.440 e. The van der Waals surface area contributed by atoms with E-state index in [1.54, 1.807) is 6.07 Å². The van der Waals surface area contributed by atoms with Gasteiger partial charge in [0.15, 0.2) is 5.88 Å². The van der Waals surface area contributed by atoms with Gasteiger partial charge in [-0.3, -0.25) is 9.59 Å². The van der Waals surface area contributed by atoms with Gasteiger partial charge in [0.2, 0.25) is 0 Å². The number of furan rings is 1. The lowest BCUT2D eigenvalue weighted by Gasteiger charge is -2.13. The molecule has 4 unspecified atom stereocenters. The van der Waals surface area contributed by atoms with Crippen LogP contribution in [0.3, 0.4) is 0 Å². The van der Waals surface area contributed by atoms with Crippen molar-refractivity contribution in [2.24, 2.45) is 28.8 Å². The minimum atomic E-state index is -0.214. The van der Waals surface area contributed by atoms with E-state index >= 15 is 0 Å². The van der Waals surface area contributed by atoms with Gasteiger partial charge < -0.3 is 9.32 Å². The van der Waals surface area contributed by atoms with Crippen LogP contribution < -0.4 is 4.90 Å². The predicted molar refractivity (Wildman–Crippen MR) is 80.2 cm³/mol. The van der Waals surface area contributed by atoms with E-state index in [2.05, 4.69) is 17.3 Å². The highest BCUT2D eigenvalue weighted by molar-refractivity contribution is 6.06. The van der Waals surface area contributed by atoms with Crippen LogP contribution in [0.4, 0.5) is 5.88 Å². The van der Waals surface area contributed by atoms with Crippen LogP contribution >= 0.6 is 0 Å². The van der Waals surface area contributed by atoms with Gasteiger partial charge in [-0.05, 0) is 24.3 Å². The number of carbonyl (C=O) groups is 2. The molecular formula is C16H17N3O3. The molecule has 2 amide bonds. The van der Waals surface area contributed by atoms with E-state index < -0.39 is 0 Å². The third-order valence-corrected chi connectivity index (χ3v) is 4.80. The van der Waals surface area contributed by atoms with Gasteiger partial charge in [0, 0.05) is 20.2 Å². The molecule has 1 saturated heterocycles. The number of anilines is 1. The minimum Gasteiger partial charge on any atom is -0.440 e. The highest BCUT2D eigenvalue weighted by Gasteiger charge is 2.59. The average molecular weight is 299 g/mol. The molecular weight excluding hydrogens is 282 g/mol. The van der Waals surface area contributed by atoms with Crippen molar-refractivity contribution < 1.29 is 14.0 Å². The van der Waals surface area contributed by atoms with Gasteiger partial charge in [0.05, 0.1) is 18.1 Å². The topological polar surface area (TPSA) is 66.1 Å². The molecule has 2 fully saturated rings. The number of nitrogens with zero attached hydrogens (tertiary/aromatic N) is 3. The molecule has 0 N–H and O–H groups in total. The lowest BCUT2D eigenvalue weighted by molar-refractivity contribution is -0.140. The van der Waals surface area contributed by atoms with E-state index in [-0.39, 0.29) is 35.5 Å². The monoisotopic (exact) mass is 299 g/mol. The first-order valence-corrected chi connectivity index (χ1v) is 7.43. The van der Waals surface area contributed by atoms with Crippen LogP contribution in [0.25, 0.3) is 0 Å². The summed E-state index contributed by atoms with van der Waals surface area (Å²) in [5, 5.41) is 5.10. The molecule has 2 heterocycles. The summed E-state index contributed by atoms with van der Waals surface area (Å²) in [5.74, 6) is 0.834. The molecule has 6 heteroatoms. The molecule has 4 rings (SSSR count). The SMILES string of the molecule is CN(C)c1ccc(/C=N/N2C(=O)C3C4C=CC(C4)C3C2=O)o1. The molecule has 22 heavy (non-hydrogen) atoms. The van der Waals surface area contributed by atoms with Crippen molar-refractivity contribution in [3.05, 3.63) is 30.0 Å². The Labute approximate surface area is 128 Å². The lowest BCUT2D eigenvalue weighted by Crippen LogP contribution is -2.28. The zero-order chi connectivity index (χ0) is 15.4. The molecule has 114 valence electrons. The highest BCUT2D eigenvalue weighted by atomic mass is 16.4. The van der Waals surface area contributed by atoms with Crippen LogP contribution in [-0.2, 0) is 9.59 Å². The molecule has 1 aromatic rings. The van der Waals surface area contributed by atoms with Crippen molar-refractivity contribution >= 4 is 23.9 Å². The summed E-state index contributed by atoms with van der Waals surface area (Å²) >= 11 is 0. The molecule has 1 aliphatic heterocycles. The molecule has 1 aromatic heterocycles. The van der Waals surface area contributed by atoms with Crippen molar-refractivity contribution in [1.29, 1.82) is 0 Å². The molecule has 2 bridgehead atoms. The predicted octanol–water partition coefficient (Wildman–Crippen LogP) is 1.49. The quantitative estimate of drug-likeness (QED) is 0.482. The van der Waals surface area contributed by atoms with Gasteiger partial charge in [0.1, 0.15) is 5.76 Å². The Morgan fingerprint density at radius 2 is 1.82 bits per heavy atom. The van der Waals surface area contributed by atoms with Crippen LogP contribution in [0.2, 0.25) is 0 Å². The number of fused-ring (bicyclic) bond motifs is 5. The number of hydrazone groups is 1. The van der Waals surface area contributed by atoms with E-state index in [1.807, 2.05) is 25.1 Å². The molecule has 1 saturated carbocycles. The zero-order valence-electron chi connectivity index (χ0n) is 12.5. The molecule has 6 nitrogen and oxygen atoms in total. The number of allylic oxidation sites excluding steroid dienone is 2. The summed E-state index contributed by atoms with van der Waals surface area (Å²) in [6, 6.07) is 3.57. The smallest absolute Gasteiger partial charge is 0.254 e. The Kier molecular flexibility index (Phi) is 2.76. The van der Waals surface area contributed by atoms with Gasteiger partial charge >= 0.3 is 0 Å². The third-order valence-electron chi connectivity index (χ3n) is 4.80. The van der Waals surface area contributed by atoms with Crippen molar-refractivity contribution in [2.45, 2.75) is 6.42 Å². The maximum atomic E-state index is 12.4. The van der Waals surface area contributed by atoms with Gasteiger partial charge in [-0.2, -0.15) is 10.1 Å². The number of carbonyl (C=O) groups excluding carboxylic acids is 2. The summed E-state index contributed by atoms with van der Waals surface area (Å²) < 4.78 is 5.54. The summed E-state index contributed by atoms with van der Waals surface area (Å²) in [6.45, 7) is 0. The molecule has 3 aliphatic rings. The second-order valence-corrected chi connectivity index (χ2v) is 6.30. The van der Waals surface area contributed by atoms with Gasteiger partial charge in [0.25, 0.3) is 11.8 Å². The number of hydrogen-bond donors (Lipinski definition) is 0. The fraction of sp³-hybridized carbons (Fsp3) is 0.438. The first kappa shape index (κ1) is 13.3. The van der Waals surface area contributed by atoms with Crippen molar-refractivity contribution in [3.63, 3.8) is 0 Å². The van der Waals surface area contributed by atoms with Crippen molar-refractivity contribution in [3.8, 4) is 0 Å². The zero-order valence-corrected chi connectivity index (χ0v) is 12.5. The summed E-state index contributed by atoms with van der Waals surface area (Å²) in [4.78, 5) is 26.7. The summed E-state index contributed by atoms with van der Waals surface area (Å²) in [6.07, 6.45) is 6.49. The molecule has 0 radical (unpaired) electrons. The van der Waals surface area contributed by atoms with Crippen LogP contribution in [0.15, 0.2) is 33.8 Å². The fourth-order valence-electron chi connectivity index (χ4n) is 3.77. The number of hydrogen-bond acceptors (Lipinski definition) is 5. The molecule has 4 atom stereocenters. The van der Waals surface area contributed by atoms with Gasteiger partial charge in [-0.15, -0.1) is 0 Å². The number of imide groups is 1. The Hall–Kier alpha value is -2.37. The Bertz CT molecular complexity index is 673. The van der Waals surface area contributed by atoms with E-state index in [9.17, 15) is 9.59 Å². The van der Waals surface area contributed by atoms with Crippen molar-refractivity contribution in [1.82, 2.24) is 5.01 Å². The summed E-state index contributed by atoms with van der Waals surface area (Å²) in [5.41, 5.74) is 0. The Balaban J connectivity index is 1.55. The molecule has 2 aliphatic carbocycles. The van der Waals surface area contributed by atoms with Gasteiger partial charge in [-0.25, -0.2) is 0 Å². The van der Waals surface area contributed by atoms with Crippen LogP contribution in [0.5, 0.6) is 0 Å². The highest BCUT2D eigenvalue weighted by Crippen LogP contribution is 2.52. The first-order chi connectivity index (χ1) is 10.6. The minimum absolute atomic E-state index is 0.178. The second-order valence-electron chi connectivity index (χ2n) is 6.30. The summed E-state index contributed by atoms with van der Waals surface area (Å²) in [7, 11) is 3.74. The van der Waals surface area contributed by atoms with Crippen LogP contribution in [0.1, 0.15) is 12.2 Å². The third kappa shape index (κ3) is 1.76. The average Bonchev–Trinajstić information content (AvgIpc) is 3.23. The Morgan fingerprint density at radius 3 is 2.36 bits per heavy atom. The van der Waals surface area contributed by atoms with Crippen LogP contribution in [-0.4, -0.2) is 37.1 Å². The lowest BCUT2D eigenvalue weighted by atomic mass is 9.85. The maximum Gasteiger partial charge on any atom is 0.254 e. The van der Waals surface area contributed by atoms with E-state index in [1.165, 1.54) is 6.21 Å². The standard InChI is InChI=1S/C16H17N3O3/c1-18(2)12-6-5-11(22-12)8-17-19-15(20)13-9-3-4-10(7-9)14(13)16(19)21/h3-6,8-10,13-14H,7H2,1-2H3/b17-8+.